The number of alkyl halides is 3. The van der Waals surface area contributed by atoms with E-state index in [0.717, 1.165) is 17.8 Å². The van der Waals surface area contributed by atoms with E-state index in [1.165, 1.54) is 6.20 Å². The second kappa shape index (κ2) is 4.77. The number of pyridine rings is 2. The molecule has 3 heterocycles. The average molecular weight is 279 g/mol. The Balaban J connectivity index is 1.71. The van der Waals surface area contributed by atoms with Crippen LogP contribution in [0.15, 0.2) is 42.7 Å². The van der Waals surface area contributed by atoms with Gasteiger partial charge in [0.05, 0.1) is 5.56 Å². The molecule has 2 aromatic rings. The van der Waals surface area contributed by atoms with E-state index >= 15 is 0 Å². The van der Waals surface area contributed by atoms with Gasteiger partial charge in [-0.15, -0.1) is 0 Å². The maximum absolute atomic E-state index is 12.6. The molecule has 2 aromatic heterocycles. The molecule has 104 valence electrons. The van der Waals surface area contributed by atoms with E-state index < -0.39 is 11.7 Å². The minimum atomic E-state index is -4.33. The van der Waals surface area contributed by atoms with Gasteiger partial charge >= 0.3 is 6.18 Å². The van der Waals surface area contributed by atoms with Crippen molar-refractivity contribution in [3.8, 4) is 0 Å². The molecule has 0 bridgehead atoms. The first kappa shape index (κ1) is 12.9. The summed E-state index contributed by atoms with van der Waals surface area (Å²) in [4.78, 5) is 10.1. The molecule has 3 nitrogen and oxygen atoms in total. The SMILES string of the molecule is FC(F)(F)c1ccnc(N2CC(c3ccccn3)C2)c1. The average Bonchev–Trinajstić information content (AvgIpc) is 2.38. The van der Waals surface area contributed by atoms with Crippen LogP contribution in [0.4, 0.5) is 19.0 Å². The van der Waals surface area contributed by atoms with E-state index in [2.05, 4.69) is 9.97 Å². The van der Waals surface area contributed by atoms with Gasteiger partial charge < -0.3 is 4.90 Å². The minimum Gasteiger partial charge on any atom is -0.355 e. The molecule has 1 fully saturated rings. The number of anilines is 1. The fourth-order valence-electron chi connectivity index (χ4n) is 2.24. The van der Waals surface area contributed by atoms with E-state index in [-0.39, 0.29) is 5.92 Å². The number of rotatable bonds is 2. The summed E-state index contributed by atoms with van der Waals surface area (Å²) in [5, 5.41) is 0. The Labute approximate surface area is 114 Å². The molecular weight excluding hydrogens is 267 g/mol. The lowest BCUT2D eigenvalue weighted by atomic mass is 9.95. The molecule has 0 aromatic carbocycles. The third-order valence-corrected chi connectivity index (χ3v) is 3.38. The van der Waals surface area contributed by atoms with Crippen LogP contribution >= 0.6 is 0 Å². The molecule has 1 saturated heterocycles. The highest BCUT2D eigenvalue weighted by Crippen LogP contribution is 2.34. The molecule has 3 rings (SSSR count). The van der Waals surface area contributed by atoms with Crippen LogP contribution in [0.1, 0.15) is 17.2 Å². The van der Waals surface area contributed by atoms with Crippen molar-refractivity contribution in [1.29, 1.82) is 0 Å². The van der Waals surface area contributed by atoms with E-state index in [4.69, 9.17) is 0 Å². The van der Waals surface area contributed by atoms with Gasteiger partial charge in [-0.1, -0.05) is 6.07 Å². The Morgan fingerprint density at radius 3 is 2.50 bits per heavy atom. The smallest absolute Gasteiger partial charge is 0.355 e. The molecule has 0 unspecified atom stereocenters. The van der Waals surface area contributed by atoms with Crippen molar-refractivity contribution in [2.75, 3.05) is 18.0 Å². The van der Waals surface area contributed by atoms with Gasteiger partial charge in [-0.2, -0.15) is 13.2 Å². The van der Waals surface area contributed by atoms with Crippen LogP contribution in [0.2, 0.25) is 0 Å². The fraction of sp³-hybridized carbons (Fsp3) is 0.286. The normalized spacial score (nSPS) is 16.1. The maximum Gasteiger partial charge on any atom is 0.416 e. The summed E-state index contributed by atoms with van der Waals surface area (Å²) < 4.78 is 37.9. The first-order chi connectivity index (χ1) is 9.54. The summed E-state index contributed by atoms with van der Waals surface area (Å²) in [6.45, 7) is 1.29. The van der Waals surface area contributed by atoms with Crippen LogP contribution < -0.4 is 4.90 Å². The van der Waals surface area contributed by atoms with Gasteiger partial charge in [-0.3, -0.25) is 4.98 Å². The third-order valence-electron chi connectivity index (χ3n) is 3.38. The van der Waals surface area contributed by atoms with Crippen molar-refractivity contribution < 1.29 is 13.2 Å². The predicted octanol–water partition coefficient (Wildman–Crippen LogP) is 3.10. The van der Waals surface area contributed by atoms with Crippen molar-refractivity contribution in [1.82, 2.24) is 9.97 Å². The minimum absolute atomic E-state index is 0.257. The number of hydrogen-bond donors (Lipinski definition) is 0. The molecule has 0 saturated carbocycles. The predicted molar refractivity (Wildman–Crippen MR) is 68.4 cm³/mol. The molecule has 20 heavy (non-hydrogen) atoms. The second-order valence-corrected chi connectivity index (χ2v) is 4.76. The number of nitrogens with zero attached hydrogens (tertiary/aromatic N) is 3. The molecule has 1 aliphatic heterocycles. The van der Waals surface area contributed by atoms with Gasteiger partial charge in [0.15, 0.2) is 0 Å². The fourth-order valence-corrected chi connectivity index (χ4v) is 2.24. The summed E-state index contributed by atoms with van der Waals surface area (Å²) in [5.74, 6) is 0.625. The maximum atomic E-state index is 12.6. The highest BCUT2D eigenvalue weighted by molar-refractivity contribution is 5.46. The Hall–Kier alpha value is -2.11. The van der Waals surface area contributed by atoms with Gasteiger partial charge in [-0.25, -0.2) is 4.98 Å². The Kier molecular flexibility index (Phi) is 3.08. The van der Waals surface area contributed by atoms with Crippen molar-refractivity contribution >= 4 is 5.82 Å². The summed E-state index contributed by atoms with van der Waals surface area (Å²) in [6.07, 6.45) is -1.41. The topological polar surface area (TPSA) is 29.0 Å². The van der Waals surface area contributed by atoms with Crippen LogP contribution in [0, 0.1) is 0 Å². The first-order valence-electron chi connectivity index (χ1n) is 6.23. The number of aromatic nitrogens is 2. The van der Waals surface area contributed by atoms with Gasteiger partial charge in [0, 0.05) is 37.1 Å². The zero-order valence-electron chi connectivity index (χ0n) is 10.5. The van der Waals surface area contributed by atoms with Crippen LogP contribution in [-0.2, 0) is 6.18 Å². The lowest BCUT2D eigenvalue weighted by molar-refractivity contribution is -0.137. The van der Waals surface area contributed by atoms with Crippen molar-refractivity contribution in [2.45, 2.75) is 12.1 Å². The van der Waals surface area contributed by atoms with E-state index in [1.54, 1.807) is 6.20 Å². The molecule has 0 spiro atoms. The lowest BCUT2D eigenvalue weighted by Crippen LogP contribution is -2.45. The zero-order chi connectivity index (χ0) is 14.2. The van der Waals surface area contributed by atoms with Crippen LogP contribution in [0.25, 0.3) is 0 Å². The quantitative estimate of drug-likeness (QED) is 0.846. The van der Waals surface area contributed by atoms with Crippen LogP contribution in [0.5, 0.6) is 0 Å². The highest BCUT2D eigenvalue weighted by Gasteiger charge is 2.34. The molecular formula is C14H12F3N3. The van der Waals surface area contributed by atoms with Crippen LogP contribution in [-0.4, -0.2) is 23.1 Å². The standard InChI is InChI=1S/C14H12F3N3/c15-14(16,17)11-4-6-19-13(7-11)20-8-10(9-20)12-3-1-2-5-18-12/h1-7,10H,8-9H2. The monoisotopic (exact) mass is 279 g/mol. The molecule has 0 amide bonds. The molecule has 1 aliphatic rings. The number of halogens is 3. The third kappa shape index (κ3) is 2.45. The van der Waals surface area contributed by atoms with E-state index in [9.17, 15) is 13.2 Å². The summed E-state index contributed by atoms with van der Waals surface area (Å²) in [7, 11) is 0. The summed E-state index contributed by atoms with van der Waals surface area (Å²) in [5.41, 5.74) is 0.305. The zero-order valence-corrected chi connectivity index (χ0v) is 10.5. The number of hydrogen-bond acceptors (Lipinski definition) is 3. The Morgan fingerprint density at radius 2 is 1.85 bits per heavy atom. The Bertz CT molecular complexity index is 592. The van der Waals surface area contributed by atoms with Crippen molar-refractivity contribution in [2.24, 2.45) is 0 Å². The van der Waals surface area contributed by atoms with Crippen molar-refractivity contribution in [3.63, 3.8) is 0 Å². The molecule has 0 N–H and O–H groups in total. The highest BCUT2D eigenvalue weighted by atomic mass is 19.4. The van der Waals surface area contributed by atoms with Gasteiger partial charge in [0.1, 0.15) is 5.82 Å². The Morgan fingerprint density at radius 1 is 1.05 bits per heavy atom. The molecule has 0 aliphatic carbocycles. The summed E-state index contributed by atoms with van der Waals surface area (Å²) in [6, 6.07) is 7.76. The molecule has 0 atom stereocenters. The van der Waals surface area contributed by atoms with E-state index in [0.29, 0.717) is 18.9 Å². The summed E-state index contributed by atoms with van der Waals surface area (Å²) >= 11 is 0. The van der Waals surface area contributed by atoms with Gasteiger partial charge in [0.25, 0.3) is 0 Å². The van der Waals surface area contributed by atoms with E-state index in [1.807, 2.05) is 23.1 Å². The molecule has 6 heteroatoms. The molecule has 0 radical (unpaired) electrons. The first-order valence-corrected chi connectivity index (χ1v) is 6.23. The van der Waals surface area contributed by atoms with Crippen LogP contribution in [0.3, 0.4) is 0 Å². The van der Waals surface area contributed by atoms with Gasteiger partial charge in [0.2, 0.25) is 0 Å². The van der Waals surface area contributed by atoms with Crippen molar-refractivity contribution in [3.05, 3.63) is 54.0 Å². The van der Waals surface area contributed by atoms with Gasteiger partial charge in [-0.05, 0) is 24.3 Å². The largest absolute Gasteiger partial charge is 0.416 e. The second-order valence-electron chi connectivity index (χ2n) is 4.76. The lowest BCUT2D eigenvalue weighted by Gasteiger charge is -2.40.